The van der Waals surface area contributed by atoms with Crippen LogP contribution in [0.3, 0.4) is 0 Å². The van der Waals surface area contributed by atoms with Crippen LogP contribution >= 0.6 is 0 Å². The topological polar surface area (TPSA) is 60.4 Å². The Labute approximate surface area is 89.1 Å². The van der Waals surface area contributed by atoms with E-state index in [2.05, 4.69) is 11.5 Å². The minimum atomic E-state index is -0.168. The largest absolute Gasteiger partial charge is 0.496 e. The second-order valence-corrected chi connectivity index (χ2v) is 3.65. The summed E-state index contributed by atoms with van der Waals surface area (Å²) in [4.78, 5) is 0. The number of ether oxygens (including phenoxy) is 1. The lowest BCUT2D eigenvalue weighted by atomic mass is 10.1. The molecule has 0 fully saturated rings. The highest BCUT2D eigenvalue weighted by atomic mass is 16.5. The van der Waals surface area contributed by atoms with E-state index in [0.29, 0.717) is 0 Å². The number of aryl methyl sites for hydroxylation is 1. The van der Waals surface area contributed by atoms with Gasteiger partial charge in [0.1, 0.15) is 23.3 Å². The first-order chi connectivity index (χ1) is 7.31. The van der Waals surface area contributed by atoms with Crippen LogP contribution < -0.4 is 11.3 Å². The van der Waals surface area contributed by atoms with Gasteiger partial charge in [-0.3, -0.25) is 5.84 Å². The lowest BCUT2D eigenvalue weighted by molar-refractivity contribution is 0.161. The summed E-state index contributed by atoms with van der Waals surface area (Å²) in [5, 5.41) is 0. The molecule has 0 bridgehead atoms. The number of hydrogen-bond acceptors (Lipinski definition) is 4. The molecular weight excluding hydrogens is 192 g/mol. The Kier molecular flexibility index (Phi) is 3.08. The standard InChI is InChI=1S/C11H16N2O2/c1-8-5-6-10(15-8)11(13-12)9-4-2-3-7-14-9/h4-6,11,13H,2-3,7,12H2,1H3. The van der Waals surface area contributed by atoms with Gasteiger partial charge in [0.25, 0.3) is 0 Å². The molecule has 4 heteroatoms. The van der Waals surface area contributed by atoms with Gasteiger partial charge in [-0.05, 0) is 38.0 Å². The van der Waals surface area contributed by atoms with Crippen LogP contribution in [0.4, 0.5) is 0 Å². The monoisotopic (exact) mass is 208 g/mol. The fraction of sp³-hybridized carbons (Fsp3) is 0.455. The first kappa shape index (κ1) is 10.3. The molecule has 1 unspecified atom stereocenters. The highest BCUT2D eigenvalue weighted by Crippen LogP contribution is 2.26. The maximum absolute atomic E-state index is 5.55. The fourth-order valence-corrected chi connectivity index (χ4v) is 1.69. The van der Waals surface area contributed by atoms with E-state index < -0.39 is 0 Å². The molecule has 0 spiro atoms. The predicted octanol–water partition coefficient (Wildman–Crippen LogP) is 1.79. The van der Waals surface area contributed by atoms with Gasteiger partial charge < -0.3 is 9.15 Å². The molecule has 3 N–H and O–H groups in total. The smallest absolute Gasteiger partial charge is 0.136 e. The maximum Gasteiger partial charge on any atom is 0.136 e. The number of hydrogen-bond donors (Lipinski definition) is 2. The Morgan fingerprint density at radius 3 is 2.87 bits per heavy atom. The van der Waals surface area contributed by atoms with Crippen LogP contribution in [0.25, 0.3) is 0 Å². The molecule has 1 aliphatic rings. The van der Waals surface area contributed by atoms with E-state index in [9.17, 15) is 0 Å². The zero-order valence-corrected chi connectivity index (χ0v) is 8.82. The molecule has 1 aromatic heterocycles. The van der Waals surface area contributed by atoms with E-state index in [-0.39, 0.29) is 6.04 Å². The number of allylic oxidation sites excluding steroid dienone is 1. The number of nitrogens with one attached hydrogen (secondary N) is 1. The highest BCUT2D eigenvalue weighted by molar-refractivity contribution is 5.19. The summed E-state index contributed by atoms with van der Waals surface area (Å²) in [7, 11) is 0. The van der Waals surface area contributed by atoms with Gasteiger partial charge in [-0.25, -0.2) is 5.43 Å². The van der Waals surface area contributed by atoms with Crippen molar-refractivity contribution in [2.45, 2.75) is 25.8 Å². The molecule has 0 saturated heterocycles. The van der Waals surface area contributed by atoms with E-state index in [1.807, 2.05) is 19.1 Å². The molecule has 0 saturated carbocycles. The highest BCUT2D eigenvalue weighted by Gasteiger charge is 2.21. The summed E-state index contributed by atoms with van der Waals surface area (Å²) in [5.41, 5.74) is 2.71. The lowest BCUT2D eigenvalue weighted by Gasteiger charge is -2.21. The van der Waals surface area contributed by atoms with Gasteiger partial charge in [-0.15, -0.1) is 0 Å². The summed E-state index contributed by atoms with van der Waals surface area (Å²) in [5.74, 6) is 8.04. The molecule has 1 atom stereocenters. The van der Waals surface area contributed by atoms with Crippen molar-refractivity contribution >= 4 is 0 Å². The average molecular weight is 208 g/mol. The van der Waals surface area contributed by atoms with Gasteiger partial charge in [0, 0.05) is 0 Å². The summed E-state index contributed by atoms with van der Waals surface area (Å²) in [6, 6.07) is 3.67. The Balaban J connectivity index is 2.19. The van der Waals surface area contributed by atoms with Crippen LogP contribution in [0.1, 0.15) is 30.4 Å². The van der Waals surface area contributed by atoms with Gasteiger partial charge >= 0.3 is 0 Å². The van der Waals surface area contributed by atoms with Gasteiger partial charge in [-0.2, -0.15) is 0 Å². The molecule has 15 heavy (non-hydrogen) atoms. The maximum atomic E-state index is 5.55. The van der Waals surface area contributed by atoms with Crippen molar-refractivity contribution in [3.05, 3.63) is 35.5 Å². The van der Waals surface area contributed by atoms with Crippen molar-refractivity contribution in [1.29, 1.82) is 0 Å². The van der Waals surface area contributed by atoms with E-state index in [1.54, 1.807) is 0 Å². The van der Waals surface area contributed by atoms with E-state index >= 15 is 0 Å². The van der Waals surface area contributed by atoms with Crippen LogP contribution in [-0.4, -0.2) is 6.61 Å². The quantitative estimate of drug-likeness (QED) is 0.587. The number of nitrogens with two attached hydrogens (primary N) is 1. The summed E-state index contributed by atoms with van der Waals surface area (Å²) < 4.78 is 11.1. The zero-order valence-electron chi connectivity index (χ0n) is 8.82. The summed E-state index contributed by atoms with van der Waals surface area (Å²) in [6.45, 7) is 2.66. The third-order valence-corrected chi connectivity index (χ3v) is 2.46. The molecule has 0 amide bonds. The molecule has 1 aliphatic heterocycles. The van der Waals surface area contributed by atoms with Crippen molar-refractivity contribution in [3.8, 4) is 0 Å². The van der Waals surface area contributed by atoms with E-state index in [4.69, 9.17) is 15.0 Å². The summed E-state index contributed by atoms with van der Waals surface area (Å²) in [6.07, 6.45) is 4.16. The van der Waals surface area contributed by atoms with E-state index in [0.717, 1.165) is 36.7 Å². The molecule has 0 radical (unpaired) electrons. The van der Waals surface area contributed by atoms with Crippen molar-refractivity contribution in [1.82, 2.24) is 5.43 Å². The average Bonchev–Trinajstić information content (AvgIpc) is 2.68. The molecule has 1 aromatic rings. The molecule has 0 aliphatic carbocycles. The molecule has 4 nitrogen and oxygen atoms in total. The lowest BCUT2D eigenvalue weighted by Crippen LogP contribution is -2.30. The minimum absolute atomic E-state index is 0.168. The Hall–Kier alpha value is -1.26. The third-order valence-electron chi connectivity index (χ3n) is 2.46. The van der Waals surface area contributed by atoms with Gasteiger partial charge in [0.15, 0.2) is 0 Å². The second-order valence-electron chi connectivity index (χ2n) is 3.65. The minimum Gasteiger partial charge on any atom is -0.496 e. The number of rotatable bonds is 3. The zero-order chi connectivity index (χ0) is 10.7. The molecule has 2 heterocycles. The Bertz CT molecular complexity index is 357. The fourth-order valence-electron chi connectivity index (χ4n) is 1.69. The van der Waals surface area contributed by atoms with Crippen LogP contribution in [0, 0.1) is 6.92 Å². The van der Waals surface area contributed by atoms with Crippen LogP contribution in [0.15, 0.2) is 28.4 Å². The van der Waals surface area contributed by atoms with Crippen LogP contribution in [0.2, 0.25) is 0 Å². The number of furan rings is 1. The van der Waals surface area contributed by atoms with E-state index in [1.165, 1.54) is 0 Å². The van der Waals surface area contributed by atoms with Crippen molar-refractivity contribution in [3.63, 3.8) is 0 Å². The third kappa shape index (κ3) is 2.22. The first-order valence-corrected chi connectivity index (χ1v) is 5.16. The SMILES string of the molecule is Cc1ccc(C(NN)C2=CCCCO2)o1. The molecule has 2 rings (SSSR count). The molecule has 82 valence electrons. The molecule has 0 aromatic carbocycles. The Morgan fingerprint density at radius 1 is 1.47 bits per heavy atom. The first-order valence-electron chi connectivity index (χ1n) is 5.16. The van der Waals surface area contributed by atoms with Gasteiger partial charge in [-0.1, -0.05) is 0 Å². The van der Waals surface area contributed by atoms with Crippen molar-refractivity contribution in [2.24, 2.45) is 5.84 Å². The van der Waals surface area contributed by atoms with Crippen molar-refractivity contribution < 1.29 is 9.15 Å². The van der Waals surface area contributed by atoms with Gasteiger partial charge in [0.05, 0.1) is 6.61 Å². The number of hydrazine groups is 1. The predicted molar refractivity (Wildman–Crippen MR) is 56.8 cm³/mol. The van der Waals surface area contributed by atoms with Crippen molar-refractivity contribution in [2.75, 3.05) is 6.61 Å². The normalized spacial score (nSPS) is 18.1. The second kappa shape index (κ2) is 4.51. The van der Waals surface area contributed by atoms with Gasteiger partial charge in [0.2, 0.25) is 0 Å². The van der Waals surface area contributed by atoms with Crippen LogP contribution in [0.5, 0.6) is 0 Å². The Morgan fingerprint density at radius 2 is 2.33 bits per heavy atom. The molecular formula is C11H16N2O2. The summed E-state index contributed by atoms with van der Waals surface area (Å²) >= 11 is 0. The van der Waals surface area contributed by atoms with Crippen LogP contribution in [-0.2, 0) is 4.74 Å².